The number of rotatable bonds is 4. The van der Waals surface area contributed by atoms with Gasteiger partial charge in [-0.3, -0.25) is 9.59 Å². The highest BCUT2D eigenvalue weighted by Crippen LogP contribution is 2.12. The standard InChI is InChI=1S/C13H13FN2O2S/c1-9-8-19-13(18)16(9)7-6-12(17)15-11-5-3-2-4-10(11)14/h2-5,8H,6-7H2,1H3,(H,15,17). The molecular weight excluding hydrogens is 267 g/mol. The van der Waals surface area contributed by atoms with Crippen molar-refractivity contribution in [2.24, 2.45) is 0 Å². The first-order valence-electron chi connectivity index (χ1n) is 5.77. The van der Waals surface area contributed by atoms with Gasteiger partial charge >= 0.3 is 4.87 Å². The first-order valence-corrected chi connectivity index (χ1v) is 6.65. The SMILES string of the molecule is Cc1csc(=O)n1CCC(=O)Nc1ccccc1F. The highest BCUT2D eigenvalue weighted by molar-refractivity contribution is 7.07. The van der Waals surface area contributed by atoms with E-state index in [1.54, 1.807) is 17.5 Å². The number of halogens is 1. The lowest BCUT2D eigenvalue weighted by Crippen LogP contribution is -2.20. The van der Waals surface area contributed by atoms with Gasteiger partial charge in [-0.25, -0.2) is 4.39 Å². The Morgan fingerprint density at radius 1 is 1.42 bits per heavy atom. The summed E-state index contributed by atoms with van der Waals surface area (Å²) < 4.78 is 14.9. The van der Waals surface area contributed by atoms with Crippen molar-refractivity contribution in [2.45, 2.75) is 19.9 Å². The lowest BCUT2D eigenvalue weighted by Gasteiger charge is -2.07. The molecule has 0 fully saturated rings. The Morgan fingerprint density at radius 2 is 2.16 bits per heavy atom. The van der Waals surface area contributed by atoms with Crippen molar-refractivity contribution >= 4 is 22.9 Å². The number of amides is 1. The Kier molecular flexibility index (Phi) is 4.11. The Bertz CT molecular complexity index is 648. The molecule has 0 spiro atoms. The molecule has 2 rings (SSSR count). The van der Waals surface area contributed by atoms with Crippen LogP contribution in [-0.4, -0.2) is 10.5 Å². The monoisotopic (exact) mass is 280 g/mol. The maximum Gasteiger partial charge on any atom is 0.307 e. The summed E-state index contributed by atoms with van der Waals surface area (Å²) >= 11 is 1.10. The Hall–Kier alpha value is -1.95. The maximum absolute atomic E-state index is 13.3. The number of benzene rings is 1. The van der Waals surface area contributed by atoms with E-state index in [1.165, 1.54) is 16.7 Å². The Balaban J connectivity index is 1.96. The van der Waals surface area contributed by atoms with Gasteiger partial charge in [-0.1, -0.05) is 23.5 Å². The minimum Gasteiger partial charge on any atom is -0.324 e. The van der Waals surface area contributed by atoms with Crippen molar-refractivity contribution in [3.8, 4) is 0 Å². The fraction of sp³-hybridized carbons (Fsp3) is 0.231. The maximum atomic E-state index is 13.3. The van der Waals surface area contributed by atoms with Gasteiger partial charge in [0.2, 0.25) is 5.91 Å². The molecule has 1 aromatic carbocycles. The van der Waals surface area contributed by atoms with E-state index in [4.69, 9.17) is 0 Å². The van der Waals surface area contributed by atoms with Gasteiger partial charge in [0.25, 0.3) is 0 Å². The topological polar surface area (TPSA) is 51.1 Å². The lowest BCUT2D eigenvalue weighted by atomic mass is 10.3. The summed E-state index contributed by atoms with van der Waals surface area (Å²) in [7, 11) is 0. The minimum absolute atomic E-state index is 0.0869. The summed E-state index contributed by atoms with van der Waals surface area (Å²) in [6.45, 7) is 2.11. The van der Waals surface area contributed by atoms with E-state index in [9.17, 15) is 14.0 Å². The molecule has 0 aliphatic heterocycles. The predicted octanol–water partition coefficient (Wildman–Crippen LogP) is 2.39. The number of anilines is 1. The van der Waals surface area contributed by atoms with Gasteiger partial charge in [0.1, 0.15) is 5.82 Å². The minimum atomic E-state index is -0.472. The zero-order chi connectivity index (χ0) is 13.8. The first kappa shape index (κ1) is 13.5. The van der Waals surface area contributed by atoms with Crippen LogP contribution in [0, 0.1) is 12.7 Å². The second-order valence-electron chi connectivity index (χ2n) is 4.07. The van der Waals surface area contributed by atoms with E-state index in [0.717, 1.165) is 17.0 Å². The number of carbonyl (C=O) groups is 1. The number of nitrogens with one attached hydrogen (secondary N) is 1. The molecule has 6 heteroatoms. The molecule has 1 aromatic heterocycles. The van der Waals surface area contributed by atoms with E-state index in [1.807, 2.05) is 6.92 Å². The zero-order valence-corrected chi connectivity index (χ0v) is 11.2. The highest BCUT2D eigenvalue weighted by Gasteiger charge is 2.08. The van der Waals surface area contributed by atoms with Crippen LogP contribution in [0.25, 0.3) is 0 Å². The van der Waals surface area contributed by atoms with Crippen LogP contribution in [0.3, 0.4) is 0 Å². The summed E-state index contributed by atoms with van der Waals surface area (Å²) in [5, 5.41) is 4.23. The number of hydrogen-bond acceptors (Lipinski definition) is 3. The summed E-state index contributed by atoms with van der Waals surface area (Å²) in [5.41, 5.74) is 0.982. The second kappa shape index (κ2) is 5.79. The Morgan fingerprint density at radius 3 is 2.79 bits per heavy atom. The van der Waals surface area contributed by atoms with E-state index >= 15 is 0 Å². The number of hydrogen-bond donors (Lipinski definition) is 1. The third-order valence-electron chi connectivity index (χ3n) is 2.69. The van der Waals surface area contributed by atoms with Crippen molar-refractivity contribution in [3.05, 3.63) is 50.8 Å². The number of aromatic nitrogens is 1. The largest absolute Gasteiger partial charge is 0.324 e. The van der Waals surface area contributed by atoms with Crippen molar-refractivity contribution in [3.63, 3.8) is 0 Å². The zero-order valence-electron chi connectivity index (χ0n) is 10.4. The smallest absolute Gasteiger partial charge is 0.307 e. The van der Waals surface area contributed by atoms with Crippen LogP contribution in [0.15, 0.2) is 34.4 Å². The molecule has 0 saturated carbocycles. The van der Waals surface area contributed by atoms with Crippen LogP contribution in [0.1, 0.15) is 12.1 Å². The second-order valence-corrected chi connectivity index (χ2v) is 4.89. The molecule has 0 aliphatic carbocycles. The Labute approximate surface area is 113 Å². The summed E-state index contributed by atoms with van der Waals surface area (Å²) in [6, 6.07) is 5.98. The molecule has 0 radical (unpaired) electrons. The van der Waals surface area contributed by atoms with Gasteiger partial charge in [-0.2, -0.15) is 0 Å². The number of aryl methyl sites for hydroxylation is 1. The van der Waals surface area contributed by atoms with E-state index in [2.05, 4.69) is 5.32 Å². The summed E-state index contributed by atoms with van der Waals surface area (Å²) in [6.07, 6.45) is 0.131. The average molecular weight is 280 g/mol. The normalized spacial score (nSPS) is 10.4. The van der Waals surface area contributed by atoms with E-state index in [0.29, 0.717) is 6.54 Å². The summed E-state index contributed by atoms with van der Waals surface area (Å²) in [4.78, 5) is 23.1. The number of carbonyl (C=O) groups excluding carboxylic acids is 1. The van der Waals surface area contributed by atoms with Crippen LogP contribution in [0.2, 0.25) is 0 Å². The van der Waals surface area contributed by atoms with Crippen LogP contribution in [0.5, 0.6) is 0 Å². The number of para-hydroxylation sites is 1. The molecule has 1 heterocycles. The van der Waals surface area contributed by atoms with Crippen LogP contribution < -0.4 is 10.2 Å². The van der Waals surface area contributed by atoms with Gasteiger partial charge in [0.05, 0.1) is 5.69 Å². The van der Waals surface area contributed by atoms with Crippen molar-refractivity contribution < 1.29 is 9.18 Å². The lowest BCUT2D eigenvalue weighted by molar-refractivity contribution is -0.116. The predicted molar refractivity (Wildman–Crippen MR) is 73.0 cm³/mol. The van der Waals surface area contributed by atoms with Gasteiger partial charge in [0, 0.05) is 24.0 Å². The summed E-state index contributed by atoms with van der Waals surface area (Å²) in [5.74, 6) is -0.790. The van der Waals surface area contributed by atoms with Gasteiger partial charge in [0.15, 0.2) is 0 Å². The van der Waals surface area contributed by atoms with E-state index in [-0.39, 0.29) is 22.9 Å². The van der Waals surface area contributed by atoms with Gasteiger partial charge in [-0.15, -0.1) is 0 Å². The molecule has 0 saturated heterocycles. The fourth-order valence-corrected chi connectivity index (χ4v) is 2.42. The molecule has 2 aromatic rings. The van der Waals surface area contributed by atoms with Crippen LogP contribution in [0.4, 0.5) is 10.1 Å². The van der Waals surface area contributed by atoms with Crippen LogP contribution in [-0.2, 0) is 11.3 Å². The number of nitrogens with zero attached hydrogens (tertiary/aromatic N) is 1. The highest BCUT2D eigenvalue weighted by atomic mass is 32.1. The average Bonchev–Trinajstić information content (AvgIpc) is 2.70. The molecule has 1 amide bonds. The third-order valence-corrected chi connectivity index (χ3v) is 3.57. The van der Waals surface area contributed by atoms with Crippen molar-refractivity contribution in [2.75, 3.05) is 5.32 Å². The molecular formula is C13H13FN2O2S. The molecule has 0 atom stereocenters. The molecule has 100 valence electrons. The van der Waals surface area contributed by atoms with Gasteiger partial charge < -0.3 is 9.88 Å². The molecule has 19 heavy (non-hydrogen) atoms. The first-order chi connectivity index (χ1) is 9.08. The molecule has 0 aliphatic rings. The molecule has 4 nitrogen and oxygen atoms in total. The van der Waals surface area contributed by atoms with Gasteiger partial charge in [-0.05, 0) is 19.1 Å². The van der Waals surface area contributed by atoms with Crippen LogP contribution >= 0.6 is 11.3 Å². The number of thiazole rings is 1. The fourth-order valence-electron chi connectivity index (χ4n) is 1.66. The van der Waals surface area contributed by atoms with Crippen molar-refractivity contribution in [1.82, 2.24) is 4.57 Å². The molecule has 0 unspecified atom stereocenters. The quantitative estimate of drug-likeness (QED) is 0.935. The molecule has 0 bridgehead atoms. The third kappa shape index (κ3) is 3.29. The van der Waals surface area contributed by atoms with Crippen molar-refractivity contribution in [1.29, 1.82) is 0 Å². The molecule has 1 N–H and O–H groups in total. The van der Waals surface area contributed by atoms with E-state index < -0.39 is 5.82 Å².